The number of benzene rings is 1. The van der Waals surface area contributed by atoms with Crippen LogP contribution in [0.3, 0.4) is 0 Å². The van der Waals surface area contributed by atoms with Crippen molar-refractivity contribution >= 4 is 52.5 Å². The van der Waals surface area contributed by atoms with Crippen molar-refractivity contribution in [2.45, 2.75) is 76.3 Å². The molecule has 0 saturated carbocycles. The molecule has 1 aromatic rings. The number of carboxylic acids is 2. The van der Waals surface area contributed by atoms with Crippen molar-refractivity contribution in [2.24, 2.45) is 4.99 Å². The number of carboxylic acid groups (broad SMARTS) is 2. The number of methoxy groups -OCH3 is 1. The van der Waals surface area contributed by atoms with E-state index in [0.717, 1.165) is 25.7 Å². The highest BCUT2D eigenvalue weighted by Crippen LogP contribution is 2.32. The predicted molar refractivity (Wildman–Crippen MR) is 165 cm³/mol. The van der Waals surface area contributed by atoms with Gasteiger partial charge in [0.15, 0.2) is 5.17 Å². The number of carbonyl (C=O) groups excluding carboxylic acids is 3. The van der Waals surface area contributed by atoms with Gasteiger partial charge in [0.05, 0.1) is 13.5 Å². The third kappa shape index (κ3) is 14.3. The highest BCUT2D eigenvalue weighted by atomic mass is 32.2. The summed E-state index contributed by atoms with van der Waals surface area (Å²) in [6, 6.07) is 6.33. The van der Waals surface area contributed by atoms with Gasteiger partial charge in [0.1, 0.15) is 11.1 Å². The molecule has 256 valence electrons. The Balaban J connectivity index is 0.00000135. The molecular formula is C29H40F3N5O8S. The number of aliphatic imine (C=N–C) groups is 1. The van der Waals surface area contributed by atoms with E-state index in [9.17, 15) is 32.3 Å². The van der Waals surface area contributed by atoms with Gasteiger partial charge in [-0.3, -0.25) is 24.6 Å². The standard InChI is InChI=1S/C27H39N5O6S.C2HF3O2/c1-4-5-6-7-17-32-18(2)23(26(37)30-16-14-21(33)34)39-27(32)31-25(36)20-12-10-19(11-13-20)24(28)29-15-8-9-22(35)38-3;3-2(4,5)1(6)7/h10-13,18,23H,4-9,14-17H2,1-3H3,(H2,28,29)(H,30,37)(H,33,34);(H,6,7). The van der Waals surface area contributed by atoms with Gasteiger partial charge in [0.2, 0.25) is 5.91 Å². The van der Waals surface area contributed by atoms with Crippen molar-refractivity contribution in [1.29, 1.82) is 5.41 Å². The summed E-state index contributed by atoms with van der Waals surface area (Å²) in [5, 5.41) is 29.7. The summed E-state index contributed by atoms with van der Waals surface area (Å²) in [6.07, 6.45) is -0.313. The van der Waals surface area contributed by atoms with Gasteiger partial charge < -0.3 is 30.5 Å². The van der Waals surface area contributed by atoms with Gasteiger partial charge in [0, 0.05) is 43.2 Å². The number of carbonyl (C=O) groups is 5. The van der Waals surface area contributed by atoms with E-state index in [4.69, 9.17) is 20.4 Å². The number of hydrogen-bond donors (Lipinski definition) is 5. The fraction of sp³-hybridized carbons (Fsp3) is 0.552. The SMILES string of the molecule is CCCCCCN1C(=NC(=O)c2ccc(C(=N)NCCCC(=O)OC)cc2)SC(C(=O)NCCC(=O)O)C1C.O=C(O)C(F)(F)F. The van der Waals surface area contributed by atoms with Crippen molar-refractivity contribution in [1.82, 2.24) is 15.5 Å². The molecule has 1 aliphatic heterocycles. The first-order valence-corrected chi connectivity index (χ1v) is 15.4. The molecule has 2 atom stereocenters. The van der Waals surface area contributed by atoms with Crippen molar-refractivity contribution < 1.29 is 52.1 Å². The summed E-state index contributed by atoms with van der Waals surface area (Å²) in [5.74, 6) is -4.57. The number of alkyl halides is 3. The van der Waals surface area contributed by atoms with Gasteiger partial charge in [-0.25, -0.2) is 4.79 Å². The lowest BCUT2D eigenvalue weighted by atomic mass is 10.1. The minimum atomic E-state index is -5.08. The molecule has 2 rings (SSSR count). The first-order valence-electron chi connectivity index (χ1n) is 14.5. The predicted octanol–water partition coefficient (Wildman–Crippen LogP) is 3.66. The van der Waals surface area contributed by atoms with Crippen LogP contribution in [-0.4, -0.2) is 100 Å². The van der Waals surface area contributed by atoms with E-state index in [2.05, 4.69) is 27.3 Å². The van der Waals surface area contributed by atoms with Crippen LogP contribution in [0.5, 0.6) is 0 Å². The topological polar surface area (TPSA) is 199 Å². The molecule has 0 aromatic heterocycles. The molecule has 5 N–H and O–H groups in total. The molecule has 0 spiro atoms. The van der Waals surface area contributed by atoms with Gasteiger partial charge in [-0.1, -0.05) is 50.1 Å². The van der Waals surface area contributed by atoms with Gasteiger partial charge >= 0.3 is 24.1 Å². The van der Waals surface area contributed by atoms with Crippen LogP contribution >= 0.6 is 11.8 Å². The summed E-state index contributed by atoms with van der Waals surface area (Å²) in [6.45, 7) is 5.19. The molecule has 0 aliphatic carbocycles. The number of rotatable bonds is 15. The second kappa shape index (κ2) is 20.1. The number of amidine groups is 2. The van der Waals surface area contributed by atoms with Crippen LogP contribution in [0.15, 0.2) is 29.3 Å². The van der Waals surface area contributed by atoms with E-state index in [1.807, 2.05) is 11.8 Å². The Morgan fingerprint density at radius 3 is 2.13 bits per heavy atom. The number of halogens is 3. The molecule has 2 amide bonds. The fourth-order valence-corrected chi connectivity index (χ4v) is 5.25. The average molecular weight is 676 g/mol. The zero-order valence-electron chi connectivity index (χ0n) is 25.8. The van der Waals surface area contributed by atoms with E-state index in [1.165, 1.54) is 18.9 Å². The van der Waals surface area contributed by atoms with Crippen LogP contribution in [0.2, 0.25) is 0 Å². The van der Waals surface area contributed by atoms with Crippen molar-refractivity contribution in [3.05, 3.63) is 35.4 Å². The Hall–Kier alpha value is -4.15. The minimum Gasteiger partial charge on any atom is -0.481 e. The minimum absolute atomic E-state index is 0.0430. The number of ether oxygens (including phenoxy) is 1. The van der Waals surface area contributed by atoms with Crippen LogP contribution in [0.4, 0.5) is 13.2 Å². The van der Waals surface area contributed by atoms with Gasteiger partial charge in [-0.2, -0.15) is 18.2 Å². The molecule has 13 nitrogen and oxygen atoms in total. The Morgan fingerprint density at radius 1 is 0.978 bits per heavy atom. The zero-order chi connectivity index (χ0) is 34.9. The lowest BCUT2D eigenvalue weighted by Gasteiger charge is -2.25. The van der Waals surface area contributed by atoms with Crippen LogP contribution < -0.4 is 10.6 Å². The molecule has 1 heterocycles. The molecule has 1 fully saturated rings. The van der Waals surface area contributed by atoms with E-state index < -0.39 is 29.3 Å². The first kappa shape index (κ1) is 39.9. The Morgan fingerprint density at radius 2 is 1.59 bits per heavy atom. The first-order chi connectivity index (χ1) is 21.6. The third-order valence-electron chi connectivity index (χ3n) is 6.50. The second-order valence-electron chi connectivity index (χ2n) is 10.0. The number of thioether (sulfide) groups is 1. The maximum Gasteiger partial charge on any atom is 0.490 e. The van der Waals surface area contributed by atoms with Crippen LogP contribution in [0.25, 0.3) is 0 Å². The smallest absolute Gasteiger partial charge is 0.481 e. The number of hydrogen-bond acceptors (Lipinski definition) is 8. The van der Waals surface area contributed by atoms with E-state index in [-0.39, 0.29) is 43.1 Å². The zero-order valence-corrected chi connectivity index (χ0v) is 26.6. The quantitative estimate of drug-likeness (QED) is 0.0787. The Labute approximate surface area is 268 Å². The lowest BCUT2D eigenvalue weighted by Crippen LogP contribution is -2.43. The number of nitrogens with zero attached hydrogens (tertiary/aromatic N) is 2. The van der Waals surface area contributed by atoms with Crippen molar-refractivity contribution in [3.8, 4) is 0 Å². The highest BCUT2D eigenvalue weighted by Gasteiger charge is 2.41. The molecule has 17 heteroatoms. The summed E-state index contributed by atoms with van der Waals surface area (Å²) >= 11 is 1.22. The highest BCUT2D eigenvalue weighted by molar-refractivity contribution is 8.15. The van der Waals surface area contributed by atoms with Crippen molar-refractivity contribution in [3.63, 3.8) is 0 Å². The fourth-order valence-electron chi connectivity index (χ4n) is 3.96. The molecule has 1 saturated heterocycles. The van der Waals surface area contributed by atoms with Crippen LogP contribution in [0.1, 0.15) is 74.7 Å². The van der Waals surface area contributed by atoms with Gasteiger partial charge in [-0.15, -0.1) is 0 Å². The molecule has 0 radical (unpaired) electrons. The number of esters is 1. The maximum atomic E-state index is 13.0. The number of aliphatic carboxylic acids is 2. The number of nitrogens with one attached hydrogen (secondary N) is 3. The van der Waals surface area contributed by atoms with Crippen LogP contribution in [-0.2, 0) is 23.9 Å². The summed E-state index contributed by atoms with van der Waals surface area (Å²) in [4.78, 5) is 63.0. The number of amides is 2. The normalized spacial score (nSPS) is 16.7. The maximum absolute atomic E-state index is 13.0. The monoisotopic (exact) mass is 675 g/mol. The molecular weight excluding hydrogens is 635 g/mol. The number of unbranched alkanes of at least 4 members (excludes halogenated alkanes) is 3. The van der Waals surface area contributed by atoms with Crippen LogP contribution in [0, 0.1) is 5.41 Å². The summed E-state index contributed by atoms with van der Waals surface area (Å²) in [5.41, 5.74) is 0.954. The Kier molecular flexibility index (Phi) is 17.4. The summed E-state index contributed by atoms with van der Waals surface area (Å²) in [7, 11) is 1.34. The van der Waals surface area contributed by atoms with E-state index in [0.29, 0.717) is 35.8 Å². The second-order valence-corrected chi connectivity index (χ2v) is 11.1. The molecule has 1 aromatic carbocycles. The molecule has 46 heavy (non-hydrogen) atoms. The molecule has 1 aliphatic rings. The largest absolute Gasteiger partial charge is 0.490 e. The Bertz CT molecular complexity index is 1240. The average Bonchev–Trinajstić information content (AvgIpc) is 3.31. The van der Waals surface area contributed by atoms with E-state index in [1.54, 1.807) is 24.3 Å². The van der Waals surface area contributed by atoms with Gasteiger partial charge in [0.25, 0.3) is 5.91 Å². The summed E-state index contributed by atoms with van der Waals surface area (Å²) < 4.78 is 36.3. The molecule has 2 unspecified atom stereocenters. The third-order valence-corrected chi connectivity index (χ3v) is 7.90. The van der Waals surface area contributed by atoms with Gasteiger partial charge in [-0.05, 0) is 31.9 Å². The van der Waals surface area contributed by atoms with Crippen molar-refractivity contribution in [2.75, 3.05) is 26.7 Å². The van der Waals surface area contributed by atoms with E-state index >= 15 is 0 Å². The molecule has 0 bridgehead atoms. The lowest BCUT2D eigenvalue weighted by molar-refractivity contribution is -0.192.